The van der Waals surface area contributed by atoms with E-state index in [0.717, 1.165) is 4.16 Å². The Labute approximate surface area is 57.2 Å². The zero-order chi connectivity index (χ0) is 5.11. The van der Waals surface area contributed by atoms with Gasteiger partial charge in [0.15, 0.2) is 0 Å². The maximum Gasteiger partial charge on any atom is 0.0600 e. The molecule has 0 nitrogen and oxygen atoms in total. The molecule has 1 aliphatic heterocycles. The van der Waals surface area contributed by atoms with Crippen LogP contribution in [0.25, 0.3) is 0 Å². The smallest absolute Gasteiger partial charge is 0.0600 e. The van der Waals surface area contributed by atoms with Gasteiger partial charge in [0.1, 0.15) is 0 Å². The van der Waals surface area contributed by atoms with Gasteiger partial charge in [0, 0.05) is 0 Å². The molecule has 7 heavy (non-hydrogen) atoms. The maximum atomic E-state index is 3.55. The molecule has 0 saturated carbocycles. The summed E-state index contributed by atoms with van der Waals surface area (Å²) in [6, 6.07) is 0. The van der Waals surface area contributed by atoms with Crippen LogP contribution in [-0.2, 0) is 0 Å². The van der Waals surface area contributed by atoms with Gasteiger partial charge in [-0.3, -0.25) is 0 Å². The lowest BCUT2D eigenvalue weighted by molar-refractivity contribution is 0.751. The Morgan fingerprint density at radius 2 is 2.29 bits per heavy atom. The number of thioether (sulfide) groups is 1. The van der Waals surface area contributed by atoms with E-state index in [9.17, 15) is 0 Å². The molecule has 1 saturated heterocycles. The van der Waals surface area contributed by atoms with Crippen LogP contribution in [0.2, 0.25) is 0 Å². The van der Waals surface area contributed by atoms with Crippen molar-refractivity contribution in [2.24, 2.45) is 0 Å². The first-order valence-corrected chi connectivity index (χ1v) is 4.62. The van der Waals surface area contributed by atoms with Crippen molar-refractivity contribution in [3.05, 3.63) is 0 Å². The third-order valence-corrected chi connectivity index (χ3v) is 3.50. The summed E-state index contributed by atoms with van der Waals surface area (Å²) in [5.74, 6) is 1.36. The van der Waals surface area contributed by atoms with E-state index in [1.165, 1.54) is 25.0 Å². The second kappa shape index (κ2) is 2.98. The molecule has 0 aromatic carbocycles. The van der Waals surface area contributed by atoms with E-state index in [2.05, 4.69) is 15.9 Å². The third kappa shape index (κ3) is 2.04. The van der Waals surface area contributed by atoms with Crippen LogP contribution in [0, 0.1) is 0 Å². The first kappa shape index (κ1) is 5.96. The molecular weight excluding hydrogens is 172 g/mol. The van der Waals surface area contributed by atoms with Crippen LogP contribution in [0.1, 0.15) is 19.3 Å². The molecule has 0 radical (unpaired) electrons. The predicted octanol–water partition coefficient (Wildman–Crippen LogP) is 2.62. The highest BCUT2D eigenvalue weighted by atomic mass is 79.9. The summed E-state index contributed by atoms with van der Waals surface area (Å²) in [4.78, 5) is 0. The Kier molecular flexibility index (Phi) is 2.53. The van der Waals surface area contributed by atoms with Crippen LogP contribution in [-0.4, -0.2) is 9.91 Å². The quantitative estimate of drug-likeness (QED) is 0.517. The molecule has 42 valence electrons. The van der Waals surface area contributed by atoms with Gasteiger partial charge in [-0.05, 0) is 18.6 Å². The van der Waals surface area contributed by atoms with E-state index in [4.69, 9.17) is 0 Å². The summed E-state index contributed by atoms with van der Waals surface area (Å²) >= 11 is 5.59. The van der Waals surface area contributed by atoms with Gasteiger partial charge in [0.25, 0.3) is 0 Å². The second-order valence-electron chi connectivity index (χ2n) is 1.78. The van der Waals surface area contributed by atoms with Crippen molar-refractivity contribution in [2.45, 2.75) is 23.4 Å². The van der Waals surface area contributed by atoms with Crippen LogP contribution in [0.5, 0.6) is 0 Å². The normalized spacial score (nSPS) is 33.0. The third-order valence-electron chi connectivity index (χ3n) is 1.12. The Morgan fingerprint density at radius 1 is 1.43 bits per heavy atom. The van der Waals surface area contributed by atoms with Gasteiger partial charge in [-0.15, -0.1) is 11.8 Å². The number of halogens is 1. The monoisotopic (exact) mass is 180 g/mol. The Balaban J connectivity index is 2.12. The standard InChI is InChI=1S/C5H9BrS/c6-5-3-1-2-4-7-5/h5H,1-4H2. The van der Waals surface area contributed by atoms with E-state index in [1.54, 1.807) is 0 Å². The molecule has 0 bridgehead atoms. The molecule has 1 aliphatic rings. The van der Waals surface area contributed by atoms with Crippen molar-refractivity contribution < 1.29 is 0 Å². The molecule has 2 heteroatoms. The van der Waals surface area contributed by atoms with Crippen molar-refractivity contribution in [2.75, 3.05) is 5.75 Å². The van der Waals surface area contributed by atoms with Gasteiger partial charge < -0.3 is 0 Å². The van der Waals surface area contributed by atoms with E-state index in [0.29, 0.717) is 0 Å². The van der Waals surface area contributed by atoms with Crippen molar-refractivity contribution in [1.82, 2.24) is 0 Å². The molecule has 1 rings (SSSR count). The molecule has 0 aliphatic carbocycles. The lowest BCUT2D eigenvalue weighted by atomic mass is 10.3. The molecule has 0 spiro atoms. The van der Waals surface area contributed by atoms with Gasteiger partial charge in [0.05, 0.1) is 4.16 Å². The van der Waals surface area contributed by atoms with Gasteiger partial charge in [0.2, 0.25) is 0 Å². The summed E-state index contributed by atoms with van der Waals surface area (Å²) in [6.45, 7) is 0. The Morgan fingerprint density at radius 3 is 2.57 bits per heavy atom. The zero-order valence-electron chi connectivity index (χ0n) is 4.19. The second-order valence-corrected chi connectivity index (χ2v) is 4.80. The molecular formula is C5H9BrS. The molecule has 0 aromatic rings. The lowest BCUT2D eigenvalue weighted by Crippen LogP contribution is -1.99. The molecule has 0 aromatic heterocycles. The number of alkyl halides is 1. The Bertz CT molecular complexity index is 50.0. The Hall–Kier alpha value is 0.830. The molecule has 1 fully saturated rings. The topological polar surface area (TPSA) is 0 Å². The van der Waals surface area contributed by atoms with Gasteiger partial charge >= 0.3 is 0 Å². The van der Waals surface area contributed by atoms with Crippen LogP contribution in [0.15, 0.2) is 0 Å². The lowest BCUT2D eigenvalue weighted by Gasteiger charge is -2.13. The minimum atomic E-state index is 0.765. The highest BCUT2D eigenvalue weighted by Gasteiger charge is 2.08. The van der Waals surface area contributed by atoms with E-state index in [-0.39, 0.29) is 0 Å². The van der Waals surface area contributed by atoms with Crippen LogP contribution in [0.3, 0.4) is 0 Å². The number of hydrogen-bond donors (Lipinski definition) is 0. The zero-order valence-corrected chi connectivity index (χ0v) is 6.59. The van der Waals surface area contributed by atoms with Crippen LogP contribution < -0.4 is 0 Å². The average Bonchev–Trinajstić information content (AvgIpc) is 1.69. The molecule has 0 amide bonds. The summed E-state index contributed by atoms with van der Waals surface area (Å²) in [7, 11) is 0. The minimum absolute atomic E-state index is 0.765. The van der Waals surface area contributed by atoms with Gasteiger partial charge in [-0.1, -0.05) is 22.4 Å². The molecule has 1 atom stereocenters. The van der Waals surface area contributed by atoms with Gasteiger partial charge in [-0.2, -0.15) is 0 Å². The van der Waals surface area contributed by atoms with Crippen LogP contribution in [0.4, 0.5) is 0 Å². The fourth-order valence-corrected chi connectivity index (χ4v) is 2.55. The van der Waals surface area contributed by atoms with Gasteiger partial charge in [-0.25, -0.2) is 0 Å². The minimum Gasteiger partial charge on any atom is -0.147 e. The van der Waals surface area contributed by atoms with Crippen molar-refractivity contribution >= 4 is 27.7 Å². The number of hydrogen-bond acceptors (Lipinski definition) is 1. The van der Waals surface area contributed by atoms with E-state index < -0.39 is 0 Å². The van der Waals surface area contributed by atoms with Crippen molar-refractivity contribution in [3.63, 3.8) is 0 Å². The van der Waals surface area contributed by atoms with Crippen molar-refractivity contribution in [1.29, 1.82) is 0 Å². The highest BCUT2D eigenvalue weighted by Crippen LogP contribution is 2.28. The highest BCUT2D eigenvalue weighted by molar-refractivity contribution is 9.11. The fraction of sp³-hybridized carbons (Fsp3) is 1.00. The molecule has 1 heterocycles. The summed E-state index contributed by atoms with van der Waals surface area (Å²) < 4.78 is 0.765. The van der Waals surface area contributed by atoms with E-state index >= 15 is 0 Å². The SMILES string of the molecule is BrC1CCCCS1. The van der Waals surface area contributed by atoms with Crippen LogP contribution >= 0.6 is 27.7 Å². The maximum absolute atomic E-state index is 3.55. The number of rotatable bonds is 0. The average molecular weight is 181 g/mol. The fourth-order valence-electron chi connectivity index (χ4n) is 0.701. The summed E-state index contributed by atoms with van der Waals surface area (Å²) in [5.41, 5.74) is 0. The molecule has 0 N–H and O–H groups in total. The van der Waals surface area contributed by atoms with E-state index in [1.807, 2.05) is 11.8 Å². The summed E-state index contributed by atoms with van der Waals surface area (Å²) in [5, 5.41) is 0. The summed E-state index contributed by atoms with van der Waals surface area (Å²) in [6.07, 6.45) is 4.21. The largest absolute Gasteiger partial charge is 0.147 e. The predicted molar refractivity (Wildman–Crippen MR) is 39.0 cm³/mol. The first-order valence-electron chi connectivity index (χ1n) is 2.65. The first-order chi connectivity index (χ1) is 3.39. The molecule has 1 unspecified atom stereocenters. The van der Waals surface area contributed by atoms with Crippen molar-refractivity contribution in [3.8, 4) is 0 Å².